The second-order valence-corrected chi connectivity index (χ2v) is 5.91. The first-order chi connectivity index (χ1) is 9.66. The molecule has 1 aromatic heterocycles. The minimum Gasteiger partial charge on any atom is -0.480 e. The Morgan fingerprint density at radius 1 is 1.30 bits per heavy atom. The predicted molar refractivity (Wildman–Crippen MR) is 82.6 cm³/mol. The summed E-state index contributed by atoms with van der Waals surface area (Å²) in [6, 6.07) is 10.8. The Kier molecular flexibility index (Phi) is 5.59. The highest BCUT2D eigenvalue weighted by Crippen LogP contribution is 2.17. The minimum atomic E-state index is -0.851. The third-order valence-electron chi connectivity index (χ3n) is 3.02. The van der Waals surface area contributed by atoms with Crippen molar-refractivity contribution in [3.63, 3.8) is 0 Å². The molecular weight excluding hydrogens is 294 g/mol. The molecule has 0 aliphatic heterocycles. The Morgan fingerprint density at radius 2 is 2.10 bits per heavy atom. The summed E-state index contributed by atoms with van der Waals surface area (Å²) in [7, 11) is 0. The molecule has 1 atom stereocenters. The predicted octanol–water partition coefficient (Wildman–Crippen LogP) is 3.23. The van der Waals surface area contributed by atoms with Crippen molar-refractivity contribution < 1.29 is 9.90 Å². The van der Waals surface area contributed by atoms with Crippen LogP contribution < -0.4 is 5.32 Å². The number of carboxylic acids is 1. The van der Waals surface area contributed by atoms with Crippen molar-refractivity contribution in [1.29, 1.82) is 0 Å². The number of aliphatic carboxylic acids is 1. The van der Waals surface area contributed by atoms with Gasteiger partial charge < -0.3 is 10.4 Å². The molecule has 20 heavy (non-hydrogen) atoms. The van der Waals surface area contributed by atoms with E-state index in [4.69, 9.17) is 11.6 Å². The van der Waals surface area contributed by atoms with Gasteiger partial charge in [0.25, 0.3) is 0 Å². The molecule has 0 radical (unpaired) electrons. The molecule has 0 amide bonds. The lowest BCUT2D eigenvalue weighted by molar-refractivity contribution is -0.139. The van der Waals surface area contributed by atoms with E-state index < -0.39 is 12.0 Å². The molecule has 1 aromatic carbocycles. The third kappa shape index (κ3) is 4.34. The number of nitrogens with one attached hydrogen (secondary N) is 1. The van der Waals surface area contributed by atoms with E-state index in [1.165, 1.54) is 4.88 Å². The average Bonchev–Trinajstić information content (AvgIpc) is 2.93. The van der Waals surface area contributed by atoms with Crippen molar-refractivity contribution in [1.82, 2.24) is 5.32 Å². The molecule has 106 valence electrons. The number of benzene rings is 1. The molecule has 0 saturated heterocycles. The number of halogens is 1. The Hall–Kier alpha value is -1.36. The van der Waals surface area contributed by atoms with Crippen LogP contribution >= 0.6 is 22.9 Å². The van der Waals surface area contributed by atoms with Gasteiger partial charge in [0.05, 0.1) is 0 Å². The van der Waals surface area contributed by atoms with Gasteiger partial charge in [-0.05, 0) is 35.9 Å². The van der Waals surface area contributed by atoms with Gasteiger partial charge in [-0.2, -0.15) is 0 Å². The highest BCUT2D eigenvalue weighted by molar-refractivity contribution is 7.09. The fraction of sp³-hybridized carbons (Fsp3) is 0.267. The van der Waals surface area contributed by atoms with Crippen LogP contribution in [0.3, 0.4) is 0 Å². The van der Waals surface area contributed by atoms with Crippen molar-refractivity contribution in [2.45, 2.75) is 18.9 Å². The maximum Gasteiger partial charge on any atom is 0.321 e. The normalized spacial score (nSPS) is 12.2. The monoisotopic (exact) mass is 309 g/mol. The quantitative estimate of drug-likeness (QED) is 0.825. The SMILES string of the molecule is O=C(O)C(Cc1ccccc1Cl)NCCc1cccs1. The van der Waals surface area contributed by atoms with E-state index in [0.29, 0.717) is 18.0 Å². The van der Waals surface area contributed by atoms with E-state index in [-0.39, 0.29) is 0 Å². The van der Waals surface area contributed by atoms with Crippen LogP contribution in [0.25, 0.3) is 0 Å². The fourth-order valence-corrected chi connectivity index (χ4v) is 2.88. The van der Waals surface area contributed by atoms with Crippen molar-refractivity contribution in [2.75, 3.05) is 6.54 Å². The van der Waals surface area contributed by atoms with Crippen LogP contribution in [0.2, 0.25) is 5.02 Å². The summed E-state index contributed by atoms with van der Waals surface area (Å²) in [6.45, 7) is 0.641. The molecule has 1 heterocycles. The van der Waals surface area contributed by atoms with Gasteiger partial charge in [0, 0.05) is 16.4 Å². The Morgan fingerprint density at radius 3 is 2.75 bits per heavy atom. The number of thiophene rings is 1. The summed E-state index contributed by atoms with van der Waals surface area (Å²) >= 11 is 7.75. The lowest BCUT2D eigenvalue weighted by Gasteiger charge is -2.15. The first-order valence-corrected chi connectivity index (χ1v) is 7.64. The molecule has 0 bridgehead atoms. The van der Waals surface area contributed by atoms with Gasteiger partial charge >= 0.3 is 5.97 Å². The lowest BCUT2D eigenvalue weighted by Crippen LogP contribution is -2.39. The Balaban J connectivity index is 1.90. The van der Waals surface area contributed by atoms with E-state index in [1.54, 1.807) is 17.4 Å². The van der Waals surface area contributed by atoms with Gasteiger partial charge in [-0.15, -0.1) is 11.3 Å². The second kappa shape index (κ2) is 7.43. The van der Waals surface area contributed by atoms with Crippen LogP contribution in [0.4, 0.5) is 0 Å². The van der Waals surface area contributed by atoms with Crippen LogP contribution in [0.1, 0.15) is 10.4 Å². The first kappa shape index (κ1) is 15.0. The number of rotatable bonds is 7. The van der Waals surface area contributed by atoms with Crippen molar-refractivity contribution in [2.24, 2.45) is 0 Å². The number of hydrogen-bond donors (Lipinski definition) is 2. The zero-order valence-electron chi connectivity index (χ0n) is 10.9. The molecule has 0 saturated carbocycles. The Bertz CT molecular complexity index is 557. The summed E-state index contributed by atoms with van der Waals surface area (Å²) in [6.07, 6.45) is 1.23. The number of hydrogen-bond acceptors (Lipinski definition) is 3. The van der Waals surface area contributed by atoms with Crippen LogP contribution in [0.15, 0.2) is 41.8 Å². The van der Waals surface area contributed by atoms with Gasteiger partial charge in [0.15, 0.2) is 0 Å². The Labute approximate surface area is 127 Å². The summed E-state index contributed by atoms with van der Waals surface area (Å²) in [4.78, 5) is 12.6. The van der Waals surface area contributed by atoms with Crippen LogP contribution in [0.5, 0.6) is 0 Å². The molecule has 0 aliphatic carbocycles. The first-order valence-electron chi connectivity index (χ1n) is 6.39. The summed E-state index contributed by atoms with van der Waals surface area (Å²) in [5.41, 5.74) is 0.852. The zero-order valence-corrected chi connectivity index (χ0v) is 12.5. The zero-order chi connectivity index (χ0) is 14.4. The van der Waals surface area contributed by atoms with E-state index in [1.807, 2.05) is 29.6 Å². The van der Waals surface area contributed by atoms with Gasteiger partial charge in [-0.3, -0.25) is 4.79 Å². The van der Waals surface area contributed by atoms with E-state index in [0.717, 1.165) is 12.0 Å². The molecule has 0 spiro atoms. The molecule has 0 aliphatic rings. The van der Waals surface area contributed by atoms with Crippen molar-refractivity contribution in [3.8, 4) is 0 Å². The molecule has 1 unspecified atom stereocenters. The molecular formula is C15H16ClNO2S. The van der Waals surface area contributed by atoms with Crippen molar-refractivity contribution >= 4 is 28.9 Å². The fourth-order valence-electron chi connectivity index (χ4n) is 1.96. The van der Waals surface area contributed by atoms with Crippen LogP contribution in [-0.4, -0.2) is 23.7 Å². The average molecular weight is 310 g/mol. The van der Waals surface area contributed by atoms with E-state index in [2.05, 4.69) is 11.4 Å². The molecule has 2 aromatic rings. The van der Waals surface area contributed by atoms with E-state index in [9.17, 15) is 9.90 Å². The molecule has 2 N–H and O–H groups in total. The van der Waals surface area contributed by atoms with Crippen LogP contribution in [-0.2, 0) is 17.6 Å². The topological polar surface area (TPSA) is 49.3 Å². The standard InChI is InChI=1S/C15H16ClNO2S/c16-13-6-2-1-4-11(13)10-14(15(18)19)17-8-7-12-5-3-9-20-12/h1-6,9,14,17H,7-8,10H2,(H,18,19). The minimum absolute atomic E-state index is 0.388. The number of carbonyl (C=O) groups is 1. The van der Waals surface area contributed by atoms with Gasteiger partial charge in [0.1, 0.15) is 6.04 Å². The summed E-state index contributed by atoms with van der Waals surface area (Å²) in [5, 5.41) is 15.0. The highest BCUT2D eigenvalue weighted by Gasteiger charge is 2.18. The van der Waals surface area contributed by atoms with Gasteiger partial charge in [0.2, 0.25) is 0 Å². The maximum absolute atomic E-state index is 11.3. The largest absolute Gasteiger partial charge is 0.480 e. The van der Waals surface area contributed by atoms with Crippen LogP contribution in [0, 0.1) is 0 Å². The third-order valence-corrected chi connectivity index (χ3v) is 4.33. The van der Waals surface area contributed by atoms with Gasteiger partial charge in [-0.25, -0.2) is 0 Å². The molecule has 5 heteroatoms. The second-order valence-electron chi connectivity index (χ2n) is 4.47. The van der Waals surface area contributed by atoms with E-state index >= 15 is 0 Å². The van der Waals surface area contributed by atoms with Crippen molar-refractivity contribution in [3.05, 3.63) is 57.2 Å². The smallest absolute Gasteiger partial charge is 0.321 e. The summed E-state index contributed by atoms with van der Waals surface area (Å²) in [5.74, 6) is -0.851. The molecule has 0 fully saturated rings. The molecule has 3 nitrogen and oxygen atoms in total. The molecule has 2 rings (SSSR count). The maximum atomic E-state index is 11.3. The highest BCUT2D eigenvalue weighted by atomic mass is 35.5. The summed E-state index contributed by atoms with van der Waals surface area (Å²) < 4.78 is 0. The van der Waals surface area contributed by atoms with Gasteiger partial charge in [-0.1, -0.05) is 35.9 Å². The number of carboxylic acid groups (broad SMARTS) is 1. The lowest BCUT2D eigenvalue weighted by atomic mass is 10.1.